The van der Waals surface area contributed by atoms with Crippen LogP contribution in [0, 0.1) is 23.2 Å². The SMILES string of the molecule is CC#CCC(C/C=C(\C)C1CC1)(C(=O)OC)C(=O)OC. The second kappa shape index (κ2) is 7.14. The quantitative estimate of drug-likeness (QED) is 0.324. The number of allylic oxidation sites excluding steroid dienone is 2. The first-order valence-corrected chi connectivity index (χ1v) is 6.75. The van der Waals surface area contributed by atoms with Crippen molar-refractivity contribution in [3.8, 4) is 11.8 Å². The Kier molecular flexibility index (Phi) is 5.82. The van der Waals surface area contributed by atoms with E-state index in [0.717, 1.165) is 0 Å². The van der Waals surface area contributed by atoms with E-state index < -0.39 is 17.4 Å². The van der Waals surface area contributed by atoms with Crippen molar-refractivity contribution in [3.63, 3.8) is 0 Å². The van der Waals surface area contributed by atoms with Crippen LogP contribution in [0.4, 0.5) is 0 Å². The fourth-order valence-corrected chi connectivity index (χ4v) is 2.14. The van der Waals surface area contributed by atoms with E-state index in [9.17, 15) is 9.59 Å². The van der Waals surface area contributed by atoms with E-state index in [1.807, 2.05) is 13.0 Å². The Balaban J connectivity index is 3.05. The van der Waals surface area contributed by atoms with E-state index in [4.69, 9.17) is 9.47 Å². The van der Waals surface area contributed by atoms with E-state index in [0.29, 0.717) is 5.92 Å². The first-order valence-electron chi connectivity index (χ1n) is 6.75. The molecule has 1 aliphatic rings. The van der Waals surface area contributed by atoms with Crippen molar-refractivity contribution < 1.29 is 19.1 Å². The predicted molar refractivity (Wildman–Crippen MR) is 75.6 cm³/mol. The number of esters is 2. The largest absolute Gasteiger partial charge is 0.468 e. The topological polar surface area (TPSA) is 52.6 Å². The van der Waals surface area contributed by atoms with Crippen LogP contribution >= 0.6 is 0 Å². The molecule has 0 spiro atoms. The molecule has 1 fully saturated rings. The van der Waals surface area contributed by atoms with E-state index in [1.54, 1.807) is 6.92 Å². The summed E-state index contributed by atoms with van der Waals surface area (Å²) in [6.45, 7) is 3.70. The van der Waals surface area contributed by atoms with Crippen molar-refractivity contribution >= 4 is 11.9 Å². The number of methoxy groups -OCH3 is 2. The van der Waals surface area contributed by atoms with Gasteiger partial charge in [-0.3, -0.25) is 9.59 Å². The Bertz CT molecular complexity index is 445. The maximum absolute atomic E-state index is 12.1. The molecule has 20 heavy (non-hydrogen) atoms. The zero-order chi connectivity index (χ0) is 15.2. The molecule has 110 valence electrons. The highest BCUT2D eigenvalue weighted by molar-refractivity contribution is 6.00. The minimum absolute atomic E-state index is 0.108. The normalized spacial score (nSPS) is 15.1. The number of ether oxygens (including phenoxy) is 2. The second-order valence-corrected chi connectivity index (χ2v) is 5.10. The molecule has 0 bridgehead atoms. The average Bonchev–Trinajstić information content (AvgIpc) is 3.30. The molecule has 4 nitrogen and oxygen atoms in total. The maximum atomic E-state index is 12.1. The second-order valence-electron chi connectivity index (χ2n) is 5.10. The summed E-state index contributed by atoms with van der Waals surface area (Å²) in [5.74, 6) is 4.94. The lowest BCUT2D eigenvalue weighted by molar-refractivity contribution is -0.168. The van der Waals surface area contributed by atoms with Gasteiger partial charge < -0.3 is 9.47 Å². The third-order valence-corrected chi connectivity index (χ3v) is 3.71. The third kappa shape index (κ3) is 3.63. The number of carbonyl (C=O) groups is 2. The molecule has 1 rings (SSSR count). The summed E-state index contributed by atoms with van der Waals surface area (Å²) in [5.41, 5.74) is -0.144. The first kappa shape index (κ1) is 16.3. The third-order valence-electron chi connectivity index (χ3n) is 3.71. The Morgan fingerprint density at radius 2 is 1.80 bits per heavy atom. The molecule has 0 unspecified atom stereocenters. The predicted octanol–water partition coefficient (Wildman–Crippen LogP) is 2.48. The molecule has 0 heterocycles. The molecule has 0 aromatic heterocycles. The van der Waals surface area contributed by atoms with Crippen LogP contribution in [0.5, 0.6) is 0 Å². The summed E-state index contributed by atoms with van der Waals surface area (Å²) >= 11 is 0. The Morgan fingerprint density at radius 1 is 1.25 bits per heavy atom. The Labute approximate surface area is 120 Å². The van der Waals surface area contributed by atoms with E-state index in [1.165, 1.54) is 32.6 Å². The van der Waals surface area contributed by atoms with Crippen molar-refractivity contribution in [3.05, 3.63) is 11.6 Å². The zero-order valence-electron chi connectivity index (χ0n) is 12.6. The monoisotopic (exact) mass is 278 g/mol. The summed E-state index contributed by atoms with van der Waals surface area (Å²) in [6, 6.07) is 0. The molecule has 0 radical (unpaired) electrons. The molecule has 0 saturated heterocycles. The minimum atomic E-state index is -1.36. The van der Waals surface area contributed by atoms with Crippen molar-refractivity contribution in [2.75, 3.05) is 14.2 Å². The maximum Gasteiger partial charge on any atom is 0.324 e. The minimum Gasteiger partial charge on any atom is -0.468 e. The van der Waals surface area contributed by atoms with Crippen molar-refractivity contribution in [1.82, 2.24) is 0 Å². The molecule has 0 aromatic rings. The Morgan fingerprint density at radius 3 is 2.20 bits per heavy atom. The highest BCUT2D eigenvalue weighted by atomic mass is 16.5. The smallest absolute Gasteiger partial charge is 0.324 e. The van der Waals surface area contributed by atoms with Crippen LogP contribution in [0.2, 0.25) is 0 Å². The number of rotatable bonds is 6. The first-order chi connectivity index (χ1) is 9.51. The fourth-order valence-electron chi connectivity index (χ4n) is 2.14. The number of hydrogen-bond acceptors (Lipinski definition) is 4. The van der Waals surface area contributed by atoms with Gasteiger partial charge >= 0.3 is 11.9 Å². The van der Waals surface area contributed by atoms with Gasteiger partial charge in [0.25, 0.3) is 0 Å². The van der Waals surface area contributed by atoms with Gasteiger partial charge in [0.05, 0.1) is 14.2 Å². The molecular formula is C16H22O4. The van der Waals surface area contributed by atoms with Crippen LogP contribution in [0.3, 0.4) is 0 Å². The molecular weight excluding hydrogens is 256 g/mol. The van der Waals surface area contributed by atoms with Gasteiger partial charge in [0.1, 0.15) is 0 Å². The van der Waals surface area contributed by atoms with Gasteiger partial charge in [-0.1, -0.05) is 11.6 Å². The van der Waals surface area contributed by atoms with Gasteiger partial charge in [0.2, 0.25) is 0 Å². The average molecular weight is 278 g/mol. The molecule has 0 atom stereocenters. The summed E-state index contributed by atoms with van der Waals surface area (Å²) in [7, 11) is 2.55. The van der Waals surface area contributed by atoms with Gasteiger partial charge in [-0.15, -0.1) is 11.8 Å². The molecule has 1 aliphatic carbocycles. The van der Waals surface area contributed by atoms with Gasteiger partial charge in [-0.2, -0.15) is 0 Å². The highest BCUT2D eigenvalue weighted by Crippen LogP contribution is 2.38. The van der Waals surface area contributed by atoms with Crippen LogP contribution in [0.15, 0.2) is 11.6 Å². The summed E-state index contributed by atoms with van der Waals surface area (Å²) in [5, 5.41) is 0. The highest BCUT2D eigenvalue weighted by Gasteiger charge is 2.47. The summed E-state index contributed by atoms with van der Waals surface area (Å²) < 4.78 is 9.61. The lowest BCUT2D eigenvalue weighted by atomic mass is 9.80. The lowest BCUT2D eigenvalue weighted by Gasteiger charge is -2.25. The Hall–Kier alpha value is -1.76. The molecule has 0 N–H and O–H groups in total. The van der Waals surface area contributed by atoms with Gasteiger partial charge in [0, 0.05) is 6.42 Å². The van der Waals surface area contributed by atoms with Crippen molar-refractivity contribution in [1.29, 1.82) is 0 Å². The van der Waals surface area contributed by atoms with E-state index in [2.05, 4.69) is 11.8 Å². The van der Waals surface area contributed by atoms with E-state index >= 15 is 0 Å². The molecule has 0 aromatic carbocycles. The van der Waals surface area contributed by atoms with Gasteiger partial charge in [0.15, 0.2) is 5.41 Å². The standard InChI is InChI=1S/C16H22O4/c1-5-6-10-16(14(17)19-3,15(18)20-4)11-9-12(2)13-7-8-13/h9,13H,7-8,10-11H2,1-4H3/b12-9+. The van der Waals surface area contributed by atoms with Crippen LogP contribution in [-0.4, -0.2) is 26.2 Å². The van der Waals surface area contributed by atoms with Crippen LogP contribution in [0.25, 0.3) is 0 Å². The lowest BCUT2D eigenvalue weighted by Crippen LogP contribution is -2.40. The summed E-state index contributed by atoms with van der Waals surface area (Å²) in [6.07, 6.45) is 4.69. The van der Waals surface area contributed by atoms with Crippen LogP contribution in [0.1, 0.15) is 39.5 Å². The van der Waals surface area contributed by atoms with Crippen molar-refractivity contribution in [2.45, 2.75) is 39.5 Å². The molecule has 0 aliphatic heterocycles. The summed E-state index contributed by atoms with van der Waals surface area (Å²) in [4.78, 5) is 24.2. The fraction of sp³-hybridized carbons (Fsp3) is 0.625. The van der Waals surface area contributed by atoms with Crippen LogP contribution in [-0.2, 0) is 19.1 Å². The van der Waals surface area contributed by atoms with Gasteiger partial charge in [-0.25, -0.2) is 0 Å². The number of hydrogen-bond donors (Lipinski definition) is 0. The van der Waals surface area contributed by atoms with E-state index in [-0.39, 0.29) is 12.8 Å². The number of carbonyl (C=O) groups excluding carboxylic acids is 2. The molecule has 0 amide bonds. The van der Waals surface area contributed by atoms with Gasteiger partial charge in [-0.05, 0) is 39.0 Å². The van der Waals surface area contributed by atoms with Crippen molar-refractivity contribution in [2.24, 2.45) is 11.3 Å². The van der Waals surface area contributed by atoms with Crippen LogP contribution < -0.4 is 0 Å². The molecule has 1 saturated carbocycles. The zero-order valence-corrected chi connectivity index (χ0v) is 12.6. The molecule has 4 heteroatoms.